The van der Waals surface area contributed by atoms with Crippen LogP contribution in [0, 0.1) is 0 Å². The van der Waals surface area contributed by atoms with Crippen LogP contribution in [0.4, 0.5) is 0 Å². The fourth-order valence-corrected chi connectivity index (χ4v) is 10.1. The summed E-state index contributed by atoms with van der Waals surface area (Å²) in [6, 6.07) is 54.9. The number of nitrogens with zero attached hydrogens (tertiary/aromatic N) is 2. The topological polar surface area (TPSA) is 9.86 Å². The van der Waals surface area contributed by atoms with Crippen molar-refractivity contribution >= 4 is 71.1 Å². The third kappa shape index (κ3) is 3.83. The van der Waals surface area contributed by atoms with Gasteiger partial charge in [-0.25, -0.2) is 0 Å². The molecule has 53 heavy (non-hydrogen) atoms. The van der Waals surface area contributed by atoms with E-state index in [0.717, 1.165) is 12.8 Å². The minimum Gasteiger partial charge on any atom is -0.313 e. The van der Waals surface area contributed by atoms with Crippen LogP contribution in [-0.4, -0.2) is 9.13 Å². The summed E-state index contributed by atoms with van der Waals surface area (Å²) in [6.45, 7) is 4.78. The van der Waals surface area contributed by atoms with E-state index in [9.17, 15) is 0 Å². The van der Waals surface area contributed by atoms with Crippen LogP contribution >= 0.6 is 0 Å². The van der Waals surface area contributed by atoms with E-state index in [1.807, 2.05) is 0 Å². The van der Waals surface area contributed by atoms with Gasteiger partial charge in [0, 0.05) is 44.2 Å². The lowest BCUT2D eigenvalue weighted by Crippen LogP contribution is -2.14. The third-order valence-electron chi connectivity index (χ3n) is 12.5. The predicted octanol–water partition coefficient (Wildman–Crippen LogP) is 13.5. The van der Waals surface area contributed by atoms with Crippen molar-refractivity contribution in [1.82, 2.24) is 9.13 Å². The Morgan fingerprint density at radius 2 is 1.06 bits per heavy atom. The molecule has 0 unspecified atom stereocenters. The van der Waals surface area contributed by atoms with Crippen LogP contribution in [0.3, 0.4) is 0 Å². The summed E-state index contributed by atoms with van der Waals surface area (Å²) in [7, 11) is 0. The molecule has 250 valence electrons. The molecular formula is C51H36N2. The smallest absolute Gasteiger partial charge is 0.0558 e. The van der Waals surface area contributed by atoms with Crippen LogP contribution in [0.2, 0.25) is 0 Å². The van der Waals surface area contributed by atoms with Gasteiger partial charge in [0.25, 0.3) is 0 Å². The van der Waals surface area contributed by atoms with Gasteiger partial charge in [-0.15, -0.1) is 0 Å². The molecule has 12 rings (SSSR count). The highest BCUT2D eigenvalue weighted by Gasteiger charge is 2.36. The fourth-order valence-electron chi connectivity index (χ4n) is 10.1. The van der Waals surface area contributed by atoms with Crippen molar-refractivity contribution in [3.8, 4) is 22.5 Å². The molecule has 0 spiro atoms. The molecule has 2 aromatic heterocycles. The van der Waals surface area contributed by atoms with Gasteiger partial charge in [-0.1, -0.05) is 123 Å². The van der Waals surface area contributed by atoms with Crippen molar-refractivity contribution in [2.24, 2.45) is 0 Å². The maximum atomic E-state index is 2.56. The van der Waals surface area contributed by atoms with Crippen molar-refractivity contribution in [3.63, 3.8) is 0 Å². The van der Waals surface area contributed by atoms with E-state index in [2.05, 4.69) is 181 Å². The van der Waals surface area contributed by atoms with Gasteiger partial charge in [-0.05, 0) is 116 Å². The summed E-state index contributed by atoms with van der Waals surface area (Å²) < 4.78 is 5.07. The fraction of sp³-hybridized carbons (Fsp3) is 0.0980. The Morgan fingerprint density at radius 1 is 0.434 bits per heavy atom. The van der Waals surface area contributed by atoms with E-state index in [1.165, 1.54) is 110 Å². The standard InChI is InChI=1S/C51H36N2/c1-51(2)45-22-12-10-20-37(45)42-28-44-43-27-40-35-18-8-6-16-33(35)34-17-7-9-19-36(34)41(40)29-49(43)53(50(44)30-46(42)51)32-24-25-39-38-21-11-13-23-47(38)52(48(39)26-32)31-14-4-3-5-15-31/h3-12,14-22,24-30H,13,23H2,1-2H3. The first-order valence-corrected chi connectivity index (χ1v) is 18.9. The number of benzene rings is 8. The van der Waals surface area contributed by atoms with Crippen LogP contribution in [-0.2, 0) is 11.8 Å². The molecule has 0 fully saturated rings. The van der Waals surface area contributed by atoms with E-state index in [-0.39, 0.29) is 5.41 Å². The minimum atomic E-state index is -0.101. The molecule has 8 aromatic carbocycles. The van der Waals surface area contributed by atoms with Crippen molar-refractivity contribution in [1.29, 1.82) is 0 Å². The summed E-state index contributed by atoms with van der Waals surface area (Å²) >= 11 is 0. The molecule has 0 atom stereocenters. The average molecular weight is 677 g/mol. The number of hydrogen-bond acceptors (Lipinski definition) is 0. The average Bonchev–Trinajstić information content (AvgIpc) is 3.79. The van der Waals surface area contributed by atoms with Crippen molar-refractivity contribution in [3.05, 3.63) is 174 Å². The molecule has 10 aromatic rings. The Hall–Kier alpha value is -6.38. The first kappa shape index (κ1) is 29.2. The molecule has 0 aliphatic heterocycles. The molecule has 0 radical (unpaired) electrons. The zero-order chi connectivity index (χ0) is 35.0. The largest absolute Gasteiger partial charge is 0.313 e. The van der Waals surface area contributed by atoms with Gasteiger partial charge in [-0.3, -0.25) is 0 Å². The molecule has 0 saturated carbocycles. The molecule has 2 nitrogen and oxygen atoms in total. The van der Waals surface area contributed by atoms with Crippen molar-refractivity contribution in [2.75, 3.05) is 0 Å². The maximum Gasteiger partial charge on any atom is 0.0558 e. The number of rotatable bonds is 2. The molecule has 2 aliphatic rings. The lowest BCUT2D eigenvalue weighted by Gasteiger charge is -2.21. The molecule has 0 N–H and O–H groups in total. The second-order valence-electron chi connectivity index (χ2n) is 15.6. The normalized spacial score (nSPS) is 14.5. The molecular weight excluding hydrogens is 641 g/mol. The number of allylic oxidation sites excluding steroid dienone is 1. The predicted molar refractivity (Wildman–Crippen MR) is 225 cm³/mol. The van der Waals surface area contributed by atoms with Crippen LogP contribution in [0.25, 0.3) is 93.6 Å². The number of aromatic nitrogens is 2. The molecule has 0 amide bonds. The monoisotopic (exact) mass is 676 g/mol. The summed E-state index contributed by atoms with van der Waals surface area (Å²) in [5.41, 5.74) is 14.3. The zero-order valence-corrected chi connectivity index (χ0v) is 29.8. The number of hydrogen-bond donors (Lipinski definition) is 0. The van der Waals surface area contributed by atoms with Crippen molar-refractivity contribution in [2.45, 2.75) is 32.1 Å². The van der Waals surface area contributed by atoms with E-state index in [4.69, 9.17) is 0 Å². The second-order valence-corrected chi connectivity index (χ2v) is 15.6. The minimum absolute atomic E-state index is 0.101. The third-order valence-corrected chi connectivity index (χ3v) is 12.5. The number of fused-ring (bicyclic) bond motifs is 15. The SMILES string of the molecule is CC1(C)c2ccccc2-c2cc3c4cc5c6ccccc6c6ccccc6c5cc4n(-c4ccc5c6c(n(-c7ccccc7)c5c4)CCC=C6)c3cc21. The van der Waals surface area contributed by atoms with Gasteiger partial charge in [0.05, 0.1) is 16.6 Å². The van der Waals surface area contributed by atoms with Gasteiger partial charge < -0.3 is 9.13 Å². The molecule has 2 heterocycles. The van der Waals surface area contributed by atoms with E-state index >= 15 is 0 Å². The highest BCUT2D eigenvalue weighted by molar-refractivity contribution is 6.29. The first-order valence-electron chi connectivity index (χ1n) is 18.9. The van der Waals surface area contributed by atoms with Crippen LogP contribution < -0.4 is 0 Å². The highest BCUT2D eigenvalue weighted by atomic mass is 15.0. The highest BCUT2D eigenvalue weighted by Crippen LogP contribution is 2.51. The van der Waals surface area contributed by atoms with Gasteiger partial charge in [0.1, 0.15) is 0 Å². The second kappa shape index (κ2) is 10.4. The molecule has 2 aliphatic carbocycles. The van der Waals surface area contributed by atoms with Crippen LogP contribution in [0.5, 0.6) is 0 Å². The Bertz CT molecular complexity index is 3240. The van der Waals surface area contributed by atoms with Crippen LogP contribution in [0.1, 0.15) is 42.7 Å². The van der Waals surface area contributed by atoms with E-state index < -0.39 is 0 Å². The summed E-state index contributed by atoms with van der Waals surface area (Å²) in [6.07, 6.45) is 6.77. The van der Waals surface area contributed by atoms with E-state index in [1.54, 1.807) is 0 Å². The van der Waals surface area contributed by atoms with Gasteiger partial charge in [-0.2, -0.15) is 0 Å². The first-order chi connectivity index (χ1) is 26.1. The summed E-state index contributed by atoms with van der Waals surface area (Å²) in [5.74, 6) is 0. The Labute approximate surface area is 307 Å². The maximum absolute atomic E-state index is 2.56. The van der Waals surface area contributed by atoms with Gasteiger partial charge >= 0.3 is 0 Å². The zero-order valence-electron chi connectivity index (χ0n) is 29.8. The summed E-state index contributed by atoms with van der Waals surface area (Å²) in [5, 5.41) is 11.7. The van der Waals surface area contributed by atoms with Gasteiger partial charge in [0.15, 0.2) is 0 Å². The Morgan fingerprint density at radius 3 is 1.83 bits per heavy atom. The lowest BCUT2D eigenvalue weighted by atomic mass is 9.82. The quantitative estimate of drug-likeness (QED) is 0.161. The number of para-hydroxylation sites is 1. The Kier molecular flexibility index (Phi) is 5.71. The summed E-state index contributed by atoms with van der Waals surface area (Å²) in [4.78, 5) is 0. The van der Waals surface area contributed by atoms with Crippen LogP contribution in [0.15, 0.2) is 152 Å². The van der Waals surface area contributed by atoms with E-state index in [0.29, 0.717) is 0 Å². The molecule has 0 saturated heterocycles. The Balaban J connectivity index is 1.25. The lowest BCUT2D eigenvalue weighted by molar-refractivity contribution is 0.661. The molecule has 2 heteroatoms. The van der Waals surface area contributed by atoms with Crippen molar-refractivity contribution < 1.29 is 0 Å². The van der Waals surface area contributed by atoms with Gasteiger partial charge in [0.2, 0.25) is 0 Å². The molecule has 0 bridgehead atoms.